The Morgan fingerprint density at radius 1 is 1.36 bits per heavy atom. The number of H-pyrrole nitrogens is 1. The van der Waals surface area contributed by atoms with Crippen molar-refractivity contribution in [3.63, 3.8) is 0 Å². The van der Waals surface area contributed by atoms with E-state index in [2.05, 4.69) is 31.1 Å². The molecule has 4 nitrogen and oxygen atoms in total. The molecule has 0 atom stereocenters. The normalized spacial score (nSPS) is 10.4. The standard InChI is InChI=1S/C9H9BrN4/c10-7-4-2-1-3-6(7)5-8-12-9(11)14-13-8/h1-4H,5H2,(H3,11,12,13,14). The summed E-state index contributed by atoms with van der Waals surface area (Å²) >= 11 is 3.47. The number of nitrogens with one attached hydrogen (secondary N) is 1. The number of halogens is 1. The van der Waals surface area contributed by atoms with Crippen molar-refractivity contribution in [1.29, 1.82) is 0 Å². The third kappa shape index (κ3) is 1.93. The van der Waals surface area contributed by atoms with Gasteiger partial charge < -0.3 is 5.73 Å². The van der Waals surface area contributed by atoms with Crippen LogP contribution in [0.15, 0.2) is 28.7 Å². The number of benzene rings is 1. The summed E-state index contributed by atoms with van der Waals surface area (Å²) in [4.78, 5) is 4.04. The Morgan fingerprint density at radius 3 is 2.79 bits per heavy atom. The third-order valence-electron chi connectivity index (χ3n) is 1.86. The van der Waals surface area contributed by atoms with Gasteiger partial charge in [-0.05, 0) is 11.6 Å². The molecule has 0 fully saturated rings. The molecule has 0 bridgehead atoms. The zero-order valence-electron chi connectivity index (χ0n) is 7.37. The first-order valence-corrected chi connectivity index (χ1v) is 4.95. The maximum Gasteiger partial charge on any atom is 0.239 e. The van der Waals surface area contributed by atoms with Gasteiger partial charge in [-0.2, -0.15) is 4.98 Å². The van der Waals surface area contributed by atoms with Crippen molar-refractivity contribution < 1.29 is 0 Å². The second kappa shape index (κ2) is 3.79. The van der Waals surface area contributed by atoms with Gasteiger partial charge in [0.05, 0.1) is 0 Å². The molecule has 0 aliphatic heterocycles. The van der Waals surface area contributed by atoms with Crippen molar-refractivity contribution in [3.8, 4) is 0 Å². The summed E-state index contributed by atoms with van der Waals surface area (Å²) in [6.07, 6.45) is 0.700. The molecular weight excluding hydrogens is 244 g/mol. The molecular formula is C9H9BrN4. The number of aromatic amines is 1. The Morgan fingerprint density at radius 2 is 2.14 bits per heavy atom. The molecule has 2 aromatic rings. The van der Waals surface area contributed by atoms with E-state index in [0.717, 1.165) is 15.9 Å². The molecule has 1 heterocycles. The number of nitrogens with two attached hydrogens (primary N) is 1. The minimum Gasteiger partial charge on any atom is -0.367 e. The van der Waals surface area contributed by atoms with E-state index in [-0.39, 0.29) is 5.95 Å². The molecule has 0 saturated carbocycles. The van der Waals surface area contributed by atoms with Gasteiger partial charge in [0.15, 0.2) is 0 Å². The predicted molar refractivity (Wildman–Crippen MR) is 57.7 cm³/mol. The lowest BCUT2D eigenvalue weighted by atomic mass is 10.1. The van der Waals surface area contributed by atoms with Gasteiger partial charge in [-0.15, -0.1) is 5.10 Å². The molecule has 0 spiro atoms. The van der Waals surface area contributed by atoms with Crippen LogP contribution < -0.4 is 5.73 Å². The van der Waals surface area contributed by atoms with E-state index < -0.39 is 0 Å². The summed E-state index contributed by atoms with van der Waals surface area (Å²) in [5.41, 5.74) is 6.56. The van der Waals surface area contributed by atoms with Gasteiger partial charge in [-0.1, -0.05) is 34.1 Å². The first kappa shape index (κ1) is 9.21. The van der Waals surface area contributed by atoms with Gasteiger partial charge in [0.25, 0.3) is 0 Å². The van der Waals surface area contributed by atoms with E-state index in [1.165, 1.54) is 0 Å². The largest absolute Gasteiger partial charge is 0.367 e. The molecule has 0 saturated heterocycles. The van der Waals surface area contributed by atoms with Crippen LogP contribution >= 0.6 is 15.9 Å². The van der Waals surface area contributed by atoms with E-state index in [0.29, 0.717) is 6.42 Å². The summed E-state index contributed by atoms with van der Waals surface area (Å²) in [6.45, 7) is 0. The van der Waals surface area contributed by atoms with Gasteiger partial charge in [0.2, 0.25) is 5.95 Å². The van der Waals surface area contributed by atoms with E-state index in [1.54, 1.807) is 0 Å². The molecule has 0 amide bonds. The molecule has 1 aromatic carbocycles. The molecule has 5 heteroatoms. The van der Waals surface area contributed by atoms with Crippen LogP contribution in [0.3, 0.4) is 0 Å². The van der Waals surface area contributed by atoms with E-state index in [9.17, 15) is 0 Å². The van der Waals surface area contributed by atoms with Crippen LogP contribution in [0.2, 0.25) is 0 Å². The highest BCUT2D eigenvalue weighted by Gasteiger charge is 2.03. The van der Waals surface area contributed by atoms with Crippen molar-refractivity contribution in [1.82, 2.24) is 15.2 Å². The van der Waals surface area contributed by atoms with Crippen LogP contribution in [0.1, 0.15) is 11.4 Å². The van der Waals surface area contributed by atoms with Gasteiger partial charge in [-0.25, -0.2) is 0 Å². The quantitative estimate of drug-likeness (QED) is 0.856. The highest BCUT2D eigenvalue weighted by molar-refractivity contribution is 9.10. The summed E-state index contributed by atoms with van der Waals surface area (Å²) in [6, 6.07) is 7.99. The smallest absolute Gasteiger partial charge is 0.239 e. The number of aromatic nitrogens is 3. The zero-order valence-corrected chi connectivity index (χ0v) is 8.95. The minimum absolute atomic E-state index is 0.284. The predicted octanol–water partition coefficient (Wildman–Crippen LogP) is 1.74. The Kier molecular flexibility index (Phi) is 2.49. The molecule has 14 heavy (non-hydrogen) atoms. The van der Waals surface area contributed by atoms with Gasteiger partial charge in [-0.3, -0.25) is 5.10 Å². The van der Waals surface area contributed by atoms with Crippen molar-refractivity contribution in [2.24, 2.45) is 0 Å². The topological polar surface area (TPSA) is 67.6 Å². The molecule has 0 aliphatic rings. The van der Waals surface area contributed by atoms with Gasteiger partial charge >= 0.3 is 0 Å². The Hall–Kier alpha value is -1.36. The molecule has 72 valence electrons. The van der Waals surface area contributed by atoms with Crippen LogP contribution in [0.25, 0.3) is 0 Å². The third-order valence-corrected chi connectivity index (χ3v) is 2.64. The maximum absolute atomic E-state index is 5.41. The second-order valence-electron chi connectivity index (χ2n) is 2.91. The van der Waals surface area contributed by atoms with E-state index in [1.807, 2.05) is 24.3 Å². The highest BCUT2D eigenvalue weighted by Crippen LogP contribution is 2.18. The second-order valence-corrected chi connectivity index (χ2v) is 3.76. The van der Waals surface area contributed by atoms with Gasteiger partial charge in [0.1, 0.15) is 5.82 Å². The SMILES string of the molecule is Nc1n[nH]c(Cc2ccccc2Br)n1. The Bertz CT molecular complexity index is 438. The van der Waals surface area contributed by atoms with Crippen molar-refractivity contribution in [2.75, 3.05) is 5.73 Å². The monoisotopic (exact) mass is 252 g/mol. The maximum atomic E-state index is 5.41. The van der Waals surface area contributed by atoms with Crippen molar-refractivity contribution >= 4 is 21.9 Å². The fourth-order valence-corrected chi connectivity index (χ4v) is 1.64. The molecule has 0 aliphatic carbocycles. The molecule has 0 radical (unpaired) electrons. The average Bonchev–Trinajstić information content (AvgIpc) is 2.56. The van der Waals surface area contributed by atoms with Crippen molar-refractivity contribution in [2.45, 2.75) is 6.42 Å². The lowest BCUT2D eigenvalue weighted by Gasteiger charge is -2.00. The number of anilines is 1. The highest BCUT2D eigenvalue weighted by atomic mass is 79.9. The van der Waals surface area contributed by atoms with Crippen molar-refractivity contribution in [3.05, 3.63) is 40.1 Å². The lowest BCUT2D eigenvalue weighted by molar-refractivity contribution is 0.969. The summed E-state index contributed by atoms with van der Waals surface area (Å²) in [7, 11) is 0. The summed E-state index contributed by atoms with van der Waals surface area (Å²) in [5.74, 6) is 1.06. The fourth-order valence-electron chi connectivity index (χ4n) is 1.21. The fraction of sp³-hybridized carbons (Fsp3) is 0.111. The first-order valence-electron chi connectivity index (χ1n) is 4.16. The molecule has 2 rings (SSSR count). The van der Waals surface area contributed by atoms with E-state index in [4.69, 9.17) is 5.73 Å². The van der Waals surface area contributed by atoms with E-state index >= 15 is 0 Å². The minimum atomic E-state index is 0.284. The van der Waals surface area contributed by atoms with Gasteiger partial charge in [0, 0.05) is 10.9 Å². The average molecular weight is 253 g/mol. The van der Waals surface area contributed by atoms with Crippen LogP contribution in [-0.2, 0) is 6.42 Å². The Labute approximate surface area is 89.7 Å². The number of nitrogen functional groups attached to an aromatic ring is 1. The van der Waals surface area contributed by atoms with Crippen LogP contribution in [-0.4, -0.2) is 15.2 Å². The molecule has 0 unspecified atom stereocenters. The number of rotatable bonds is 2. The first-order chi connectivity index (χ1) is 6.75. The summed E-state index contributed by atoms with van der Waals surface area (Å²) < 4.78 is 1.06. The molecule has 3 N–H and O–H groups in total. The zero-order chi connectivity index (χ0) is 9.97. The number of nitrogens with zero attached hydrogens (tertiary/aromatic N) is 2. The van der Waals surface area contributed by atoms with Crippen LogP contribution in [0.5, 0.6) is 0 Å². The number of hydrogen-bond acceptors (Lipinski definition) is 3. The Balaban J connectivity index is 2.23. The lowest BCUT2D eigenvalue weighted by Crippen LogP contribution is -1.92. The van der Waals surface area contributed by atoms with Crippen LogP contribution in [0, 0.1) is 0 Å². The summed E-state index contributed by atoms with van der Waals surface area (Å²) in [5, 5.41) is 6.54. The van der Waals surface area contributed by atoms with Crippen LogP contribution in [0.4, 0.5) is 5.95 Å². The molecule has 1 aromatic heterocycles. The number of hydrogen-bond donors (Lipinski definition) is 2.